The Kier molecular flexibility index (Phi) is 4.93. The third-order valence-electron chi connectivity index (χ3n) is 5.11. The maximum atomic E-state index is 4.47. The molecular formula is C22H24N4. The number of benzene rings is 2. The number of hydrogen-bond donors (Lipinski definition) is 0. The Bertz CT molecular complexity index is 818. The van der Waals surface area contributed by atoms with Crippen LogP contribution in [0.15, 0.2) is 72.8 Å². The van der Waals surface area contributed by atoms with Gasteiger partial charge in [-0.2, -0.15) is 0 Å². The van der Waals surface area contributed by atoms with Gasteiger partial charge in [-0.15, -0.1) is 10.2 Å². The van der Waals surface area contributed by atoms with Crippen molar-refractivity contribution in [2.24, 2.45) is 0 Å². The molecule has 0 aliphatic carbocycles. The summed E-state index contributed by atoms with van der Waals surface area (Å²) < 4.78 is 0. The van der Waals surface area contributed by atoms with Crippen LogP contribution in [0.5, 0.6) is 0 Å². The van der Waals surface area contributed by atoms with Crippen LogP contribution in [0.2, 0.25) is 0 Å². The quantitative estimate of drug-likeness (QED) is 0.704. The normalized spacial score (nSPS) is 17.0. The zero-order chi connectivity index (χ0) is 17.8. The van der Waals surface area contributed by atoms with E-state index in [9.17, 15) is 0 Å². The average Bonchev–Trinajstić information content (AvgIpc) is 3.20. The van der Waals surface area contributed by atoms with Crippen molar-refractivity contribution in [1.29, 1.82) is 0 Å². The van der Waals surface area contributed by atoms with Gasteiger partial charge in [0, 0.05) is 31.2 Å². The highest BCUT2D eigenvalue weighted by Gasteiger charge is 2.26. The predicted octanol–water partition coefficient (Wildman–Crippen LogP) is 3.85. The number of aromatic nitrogens is 2. The summed E-state index contributed by atoms with van der Waals surface area (Å²) in [6.07, 6.45) is 1.16. The molecule has 2 heterocycles. The van der Waals surface area contributed by atoms with Gasteiger partial charge in [0.15, 0.2) is 5.82 Å². The minimum Gasteiger partial charge on any atom is -0.354 e. The van der Waals surface area contributed by atoms with Gasteiger partial charge < -0.3 is 4.90 Å². The topological polar surface area (TPSA) is 32.3 Å². The molecule has 1 aliphatic rings. The Morgan fingerprint density at radius 1 is 0.923 bits per heavy atom. The Morgan fingerprint density at radius 2 is 1.65 bits per heavy atom. The predicted molar refractivity (Wildman–Crippen MR) is 106 cm³/mol. The minimum atomic E-state index is 0.547. The highest BCUT2D eigenvalue weighted by atomic mass is 15.3. The average molecular weight is 344 g/mol. The third-order valence-corrected chi connectivity index (χ3v) is 5.11. The van der Waals surface area contributed by atoms with Crippen molar-refractivity contribution in [2.45, 2.75) is 19.0 Å². The first-order chi connectivity index (χ1) is 12.8. The molecule has 0 N–H and O–H groups in total. The molecule has 1 saturated heterocycles. The molecule has 1 fully saturated rings. The summed E-state index contributed by atoms with van der Waals surface area (Å²) in [6.45, 7) is 3.02. The van der Waals surface area contributed by atoms with Gasteiger partial charge in [0.2, 0.25) is 0 Å². The van der Waals surface area contributed by atoms with Crippen molar-refractivity contribution in [1.82, 2.24) is 15.1 Å². The van der Waals surface area contributed by atoms with Crippen LogP contribution in [0.3, 0.4) is 0 Å². The van der Waals surface area contributed by atoms with E-state index in [2.05, 4.69) is 81.6 Å². The largest absolute Gasteiger partial charge is 0.354 e. The monoisotopic (exact) mass is 344 g/mol. The molecule has 1 atom stereocenters. The van der Waals surface area contributed by atoms with E-state index in [0.29, 0.717) is 6.04 Å². The molecule has 0 radical (unpaired) electrons. The second kappa shape index (κ2) is 7.67. The number of nitrogens with zero attached hydrogens (tertiary/aromatic N) is 4. The first-order valence-electron chi connectivity index (χ1n) is 9.18. The molecule has 3 aromatic rings. The Balaban J connectivity index is 1.39. The molecule has 4 rings (SSSR count). The standard InChI is InChI=1S/C22H24N4/c1-25(16-18-8-4-2-5-9-18)20-14-15-26(17-20)22-13-12-21(23-24-22)19-10-6-3-7-11-19/h2-13,20H,14-17H2,1H3. The lowest BCUT2D eigenvalue weighted by Crippen LogP contribution is -2.34. The molecule has 2 aromatic carbocycles. The Hall–Kier alpha value is -2.72. The van der Waals surface area contributed by atoms with Gasteiger partial charge in [0.25, 0.3) is 0 Å². The van der Waals surface area contributed by atoms with Crippen LogP contribution in [-0.4, -0.2) is 41.3 Å². The van der Waals surface area contributed by atoms with Gasteiger partial charge in [0.05, 0.1) is 5.69 Å². The van der Waals surface area contributed by atoms with Gasteiger partial charge >= 0.3 is 0 Å². The maximum Gasteiger partial charge on any atom is 0.151 e. The fourth-order valence-corrected chi connectivity index (χ4v) is 3.57. The van der Waals surface area contributed by atoms with Gasteiger partial charge in [-0.1, -0.05) is 60.7 Å². The van der Waals surface area contributed by atoms with Crippen LogP contribution in [-0.2, 0) is 6.54 Å². The number of anilines is 1. The highest BCUT2D eigenvalue weighted by molar-refractivity contribution is 5.59. The molecule has 0 bridgehead atoms. The molecule has 0 spiro atoms. The van der Waals surface area contributed by atoms with Crippen molar-refractivity contribution in [2.75, 3.05) is 25.0 Å². The smallest absolute Gasteiger partial charge is 0.151 e. The van der Waals surface area contributed by atoms with E-state index < -0.39 is 0 Å². The number of likely N-dealkylation sites (N-methyl/N-ethyl adjacent to an activating group) is 1. The number of rotatable bonds is 5. The van der Waals surface area contributed by atoms with E-state index in [-0.39, 0.29) is 0 Å². The van der Waals surface area contributed by atoms with Crippen molar-refractivity contribution in [3.05, 3.63) is 78.4 Å². The molecule has 1 aliphatic heterocycles. The summed E-state index contributed by atoms with van der Waals surface area (Å²) in [5.74, 6) is 0.972. The molecule has 132 valence electrons. The molecular weight excluding hydrogens is 320 g/mol. The first-order valence-corrected chi connectivity index (χ1v) is 9.18. The van der Waals surface area contributed by atoms with Crippen molar-refractivity contribution in [3.63, 3.8) is 0 Å². The van der Waals surface area contributed by atoms with E-state index in [1.807, 2.05) is 18.2 Å². The van der Waals surface area contributed by atoms with Crippen LogP contribution in [0.1, 0.15) is 12.0 Å². The zero-order valence-electron chi connectivity index (χ0n) is 15.1. The molecule has 1 unspecified atom stereocenters. The zero-order valence-corrected chi connectivity index (χ0v) is 15.1. The van der Waals surface area contributed by atoms with Crippen LogP contribution in [0, 0.1) is 0 Å². The lowest BCUT2D eigenvalue weighted by molar-refractivity contribution is 0.250. The molecule has 0 saturated carbocycles. The summed E-state index contributed by atoms with van der Waals surface area (Å²) in [6, 6.07) is 25.6. The van der Waals surface area contributed by atoms with Crippen LogP contribution in [0.25, 0.3) is 11.3 Å². The van der Waals surface area contributed by atoms with Gasteiger partial charge in [0.1, 0.15) is 0 Å². The fourth-order valence-electron chi connectivity index (χ4n) is 3.57. The fraction of sp³-hybridized carbons (Fsp3) is 0.273. The van der Waals surface area contributed by atoms with Crippen LogP contribution < -0.4 is 4.90 Å². The Labute approximate surface area is 155 Å². The summed E-state index contributed by atoms with van der Waals surface area (Å²) in [5.41, 5.74) is 3.39. The van der Waals surface area contributed by atoms with E-state index in [1.165, 1.54) is 5.56 Å². The minimum absolute atomic E-state index is 0.547. The van der Waals surface area contributed by atoms with E-state index >= 15 is 0 Å². The van der Waals surface area contributed by atoms with Crippen LogP contribution in [0.4, 0.5) is 5.82 Å². The first kappa shape index (κ1) is 16.7. The summed E-state index contributed by atoms with van der Waals surface area (Å²) in [5, 5.41) is 8.90. The summed E-state index contributed by atoms with van der Waals surface area (Å²) in [7, 11) is 2.21. The van der Waals surface area contributed by atoms with Crippen molar-refractivity contribution < 1.29 is 0 Å². The Morgan fingerprint density at radius 3 is 2.35 bits per heavy atom. The third kappa shape index (κ3) is 3.75. The van der Waals surface area contributed by atoms with Gasteiger partial charge in [-0.3, -0.25) is 4.90 Å². The van der Waals surface area contributed by atoms with E-state index in [4.69, 9.17) is 0 Å². The molecule has 1 aromatic heterocycles. The van der Waals surface area contributed by atoms with Gasteiger partial charge in [-0.05, 0) is 31.2 Å². The summed E-state index contributed by atoms with van der Waals surface area (Å²) in [4.78, 5) is 4.79. The van der Waals surface area contributed by atoms with Gasteiger partial charge in [-0.25, -0.2) is 0 Å². The molecule has 4 nitrogen and oxygen atoms in total. The van der Waals surface area contributed by atoms with Crippen molar-refractivity contribution in [3.8, 4) is 11.3 Å². The maximum absolute atomic E-state index is 4.47. The molecule has 0 amide bonds. The van der Waals surface area contributed by atoms with E-state index in [0.717, 1.165) is 43.1 Å². The summed E-state index contributed by atoms with van der Waals surface area (Å²) >= 11 is 0. The lowest BCUT2D eigenvalue weighted by Gasteiger charge is -2.25. The van der Waals surface area contributed by atoms with Crippen molar-refractivity contribution >= 4 is 5.82 Å². The second-order valence-electron chi connectivity index (χ2n) is 6.93. The molecule has 26 heavy (non-hydrogen) atoms. The lowest BCUT2D eigenvalue weighted by atomic mass is 10.1. The second-order valence-corrected chi connectivity index (χ2v) is 6.93. The number of hydrogen-bond acceptors (Lipinski definition) is 4. The SMILES string of the molecule is CN(Cc1ccccc1)C1CCN(c2ccc(-c3ccccc3)nn2)C1. The van der Waals surface area contributed by atoms with E-state index in [1.54, 1.807) is 0 Å². The highest BCUT2D eigenvalue weighted by Crippen LogP contribution is 2.23. The molecule has 4 heteroatoms. The van der Waals surface area contributed by atoms with Crippen LogP contribution >= 0.6 is 0 Å².